The minimum absolute atomic E-state index is 0.0677. The van der Waals surface area contributed by atoms with Gasteiger partial charge in [0, 0.05) is 28.9 Å². The molecule has 0 bridgehead atoms. The maximum absolute atomic E-state index is 14.0. The number of halogens is 3. The first-order valence-corrected chi connectivity index (χ1v) is 9.13. The van der Waals surface area contributed by atoms with Crippen molar-refractivity contribution in [2.24, 2.45) is 0 Å². The van der Waals surface area contributed by atoms with E-state index >= 15 is 0 Å². The third-order valence-electron chi connectivity index (χ3n) is 4.57. The van der Waals surface area contributed by atoms with Crippen molar-refractivity contribution in [3.05, 3.63) is 78.1 Å². The van der Waals surface area contributed by atoms with E-state index in [4.69, 9.17) is 0 Å². The number of hydrogen-bond donors (Lipinski definition) is 1. The van der Waals surface area contributed by atoms with E-state index in [1.807, 2.05) is 0 Å². The summed E-state index contributed by atoms with van der Waals surface area (Å²) >= 11 is 0. The van der Waals surface area contributed by atoms with Crippen LogP contribution in [0.2, 0.25) is 0 Å². The fourth-order valence-corrected chi connectivity index (χ4v) is 3.16. The van der Waals surface area contributed by atoms with Crippen LogP contribution in [0.3, 0.4) is 0 Å². The van der Waals surface area contributed by atoms with Crippen molar-refractivity contribution in [1.29, 1.82) is 0 Å². The fraction of sp³-hybridized carbons (Fsp3) is 0.0952. The number of pyridine rings is 2. The molecule has 11 heteroatoms. The van der Waals surface area contributed by atoms with Gasteiger partial charge in [-0.15, -0.1) is 0 Å². The van der Waals surface area contributed by atoms with Crippen molar-refractivity contribution in [2.75, 3.05) is 12.4 Å². The summed E-state index contributed by atoms with van der Waals surface area (Å²) in [7, 11) is 1.15. The average molecular weight is 441 g/mol. The Balaban J connectivity index is 1.77. The van der Waals surface area contributed by atoms with Gasteiger partial charge in [-0.1, -0.05) is 24.3 Å². The van der Waals surface area contributed by atoms with Gasteiger partial charge in [-0.05, 0) is 12.1 Å². The molecular formula is C21H14F3N5O3. The van der Waals surface area contributed by atoms with E-state index in [0.717, 1.165) is 13.3 Å². The number of carbonyl (C=O) groups is 2. The normalized spacial score (nSPS) is 11.4. The monoisotopic (exact) mass is 441 g/mol. The molecule has 0 atom stereocenters. The molecule has 0 aliphatic heterocycles. The molecule has 1 aromatic carbocycles. The molecule has 0 aliphatic carbocycles. The number of rotatable bonds is 4. The van der Waals surface area contributed by atoms with Crippen LogP contribution in [0.15, 0.2) is 61.2 Å². The van der Waals surface area contributed by atoms with Crippen molar-refractivity contribution in [3.63, 3.8) is 0 Å². The summed E-state index contributed by atoms with van der Waals surface area (Å²) in [4.78, 5) is 32.1. The average Bonchev–Trinajstić information content (AvgIpc) is 3.24. The van der Waals surface area contributed by atoms with E-state index in [1.54, 1.807) is 24.3 Å². The smallest absolute Gasteiger partial charge is 0.434 e. The number of hydrogen-bond acceptors (Lipinski definition) is 6. The molecule has 0 spiro atoms. The van der Waals surface area contributed by atoms with Crippen LogP contribution in [0, 0.1) is 0 Å². The van der Waals surface area contributed by atoms with E-state index in [1.165, 1.54) is 30.7 Å². The maximum atomic E-state index is 14.0. The summed E-state index contributed by atoms with van der Waals surface area (Å²) in [5, 5.41) is 7.27. The number of amides is 1. The summed E-state index contributed by atoms with van der Waals surface area (Å²) < 4.78 is 47.2. The molecule has 1 amide bonds. The molecule has 162 valence electrons. The Morgan fingerprint density at radius 3 is 2.62 bits per heavy atom. The lowest BCUT2D eigenvalue weighted by Gasteiger charge is -2.14. The Kier molecular flexibility index (Phi) is 5.31. The second-order valence-electron chi connectivity index (χ2n) is 6.57. The van der Waals surface area contributed by atoms with Crippen LogP contribution in [-0.2, 0) is 10.9 Å². The second-order valence-corrected chi connectivity index (χ2v) is 6.57. The van der Waals surface area contributed by atoms with Crippen LogP contribution in [-0.4, -0.2) is 38.7 Å². The summed E-state index contributed by atoms with van der Waals surface area (Å²) in [5.74, 6) is -1.81. The van der Waals surface area contributed by atoms with Crippen LogP contribution >= 0.6 is 0 Å². The van der Waals surface area contributed by atoms with Crippen LogP contribution in [0.4, 0.5) is 18.9 Å². The van der Waals surface area contributed by atoms with Crippen LogP contribution in [0.25, 0.3) is 16.5 Å². The highest BCUT2D eigenvalue weighted by atomic mass is 19.4. The van der Waals surface area contributed by atoms with Gasteiger partial charge < -0.3 is 10.1 Å². The SMILES string of the molecule is COC(=O)c1cc(NC(=O)c2cnn(-c3cncc4ccccc34)c2C(F)(F)F)ccn1. The molecule has 4 rings (SSSR count). The summed E-state index contributed by atoms with van der Waals surface area (Å²) in [6.07, 6.45) is -0.0705. The van der Waals surface area contributed by atoms with Gasteiger partial charge in [-0.25, -0.2) is 14.5 Å². The second kappa shape index (κ2) is 8.10. The van der Waals surface area contributed by atoms with Gasteiger partial charge >= 0.3 is 12.1 Å². The number of benzene rings is 1. The number of nitrogens with zero attached hydrogens (tertiary/aromatic N) is 4. The van der Waals surface area contributed by atoms with E-state index in [0.29, 0.717) is 15.5 Å². The van der Waals surface area contributed by atoms with Gasteiger partial charge in [0.15, 0.2) is 5.69 Å². The Bertz CT molecular complexity index is 1330. The molecular weight excluding hydrogens is 427 g/mol. The topological polar surface area (TPSA) is 99.0 Å². The van der Waals surface area contributed by atoms with Gasteiger partial charge in [0.25, 0.3) is 5.91 Å². The number of methoxy groups -OCH3 is 1. The van der Waals surface area contributed by atoms with E-state index in [-0.39, 0.29) is 17.1 Å². The minimum Gasteiger partial charge on any atom is -0.464 e. The first kappa shape index (κ1) is 21.0. The van der Waals surface area contributed by atoms with Crippen LogP contribution in [0.5, 0.6) is 0 Å². The van der Waals surface area contributed by atoms with E-state index < -0.39 is 29.3 Å². The zero-order valence-corrected chi connectivity index (χ0v) is 16.4. The highest BCUT2D eigenvalue weighted by Crippen LogP contribution is 2.35. The lowest BCUT2D eigenvalue weighted by atomic mass is 10.1. The van der Waals surface area contributed by atoms with Crippen LogP contribution in [0.1, 0.15) is 26.5 Å². The first-order valence-electron chi connectivity index (χ1n) is 9.13. The van der Waals surface area contributed by atoms with Crippen molar-refractivity contribution in [2.45, 2.75) is 6.18 Å². The molecule has 1 N–H and O–H groups in total. The molecule has 32 heavy (non-hydrogen) atoms. The molecule has 8 nitrogen and oxygen atoms in total. The number of alkyl halides is 3. The minimum atomic E-state index is -4.89. The molecule has 0 aliphatic rings. The van der Waals surface area contributed by atoms with Crippen LogP contribution < -0.4 is 5.32 Å². The van der Waals surface area contributed by atoms with E-state index in [9.17, 15) is 22.8 Å². The number of carbonyl (C=O) groups excluding carboxylic acids is 2. The Morgan fingerprint density at radius 1 is 1.09 bits per heavy atom. The third kappa shape index (κ3) is 3.87. The zero-order chi connectivity index (χ0) is 22.9. The number of anilines is 1. The lowest BCUT2D eigenvalue weighted by Crippen LogP contribution is -2.21. The molecule has 3 heterocycles. The summed E-state index contributed by atoms with van der Waals surface area (Å²) in [6.45, 7) is 0. The Hall–Kier alpha value is -4.28. The van der Waals surface area contributed by atoms with Gasteiger partial charge in [0.1, 0.15) is 5.69 Å². The lowest BCUT2D eigenvalue weighted by molar-refractivity contribution is -0.143. The molecule has 0 saturated carbocycles. The molecule has 0 fully saturated rings. The predicted molar refractivity (Wildman–Crippen MR) is 107 cm³/mol. The fourth-order valence-electron chi connectivity index (χ4n) is 3.16. The summed E-state index contributed by atoms with van der Waals surface area (Å²) in [5.41, 5.74) is -1.92. The highest BCUT2D eigenvalue weighted by molar-refractivity contribution is 6.05. The van der Waals surface area contributed by atoms with Gasteiger partial charge in [-0.2, -0.15) is 18.3 Å². The largest absolute Gasteiger partial charge is 0.464 e. The number of nitrogens with one attached hydrogen (secondary N) is 1. The van der Waals surface area contributed by atoms with Gasteiger partial charge in [0.2, 0.25) is 0 Å². The summed E-state index contributed by atoms with van der Waals surface area (Å²) in [6, 6.07) is 9.28. The third-order valence-corrected chi connectivity index (χ3v) is 4.57. The van der Waals surface area contributed by atoms with Crippen molar-refractivity contribution in [3.8, 4) is 5.69 Å². The molecule has 3 aromatic heterocycles. The number of esters is 1. The molecule has 0 saturated heterocycles. The van der Waals surface area contributed by atoms with Crippen molar-refractivity contribution < 1.29 is 27.5 Å². The molecule has 4 aromatic rings. The molecule has 0 unspecified atom stereocenters. The quantitative estimate of drug-likeness (QED) is 0.483. The van der Waals surface area contributed by atoms with Gasteiger partial charge in [-0.3, -0.25) is 9.78 Å². The van der Waals surface area contributed by atoms with Crippen molar-refractivity contribution >= 4 is 28.3 Å². The van der Waals surface area contributed by atoms with Crippen molar-refractivity contribution in [1.82, 2.24) is 19.7 Å². The number of fused-ring (bicyclic) bond motifs is 1. The zero-order valence-electron chi connectivity index (χ0n) is 16.4. The highest BCUT2D eigenvalue weighted by Gasteiger charge is 2.41. The standard InChI is InChI=1S/C21H14F3N5O3/c1-32-20(31)16-8-13(6-7-26-16)28-19(30)15-10-27-29(18(15)21(22,23)24)17-11-25-9-12-4-2-3-5-14(12)17/h2-11H,1H3,(H,26,28,30). The van der Waals surface area contributed by atoms with Gasteiger partial charge in [0.05, 0.1) is 30.8 Å². The number of ether oxygens (including phenoxy) is 1. The predicted octanol–water partition coefficient (Wildman–Crippen LogP) is 3.87. The molecule has 0 radical (unpaired) electrons. The van der Waals surface area contributed by atoms with E-state index in [2.05, 4.69) is 25.1 Å². The number of aromatic nitrogens is 4. The first-order chi connectivity index (χ1) is 15.3. The maximum Gasteiger partial charge on any atom is 0.434 e. The Morgan fingerprint density at radius 2 is 1.88 bits per heavy atom. The Labute approximate surface area is 178 Å².